The molecule has 4 N–H and O–H groups in total. The Morgan fingerprint density at radius 2 is 1.93 bits per heavy atom. The molecule has 0 spiro atoms. The number of amides is 1. The van der Waals surface area contributed by atoms with Crippen molar-refractivity contribution in [3.8, 4) is 17.1 Å². The second-order valence-corrected chi connectivity index (χ2v) is 12.5. The Hall–Kier alpha value is -4.20. The number of fused-ring (bicyclic) bond motifs is 3. The number of rotatable bonds is 9. The Balaban J connectivity index is 1.73. The lowest BCUT2D eigenvalue weighted by atomic mass is 9.55. The first-order chi connectivity index (χ1) is 21.3. The van der Waals surface area contributed by atoms with E-state index in [0.29, 0.717) is 41.2 Å². The van der Waals surface area contributed by atoms with Crippen molar-refractivity contribution in [2.75, 3.05) is 54.1 Å². The molecular formula is C32H40N4O9. The number of carbonyl (C=O) groups is 3. The van der Waals surface area contributed by atoms with Crippen molar-refractivity contribution in [1.29, 1.82) is 0 Å². The summed E-state index contributed by atoms with van der Waals surface area (Å²) in [4.78, 5) is 49.7. The summed E-state index contributed by atoms with van der Waals surface area (Å²) < 4.78 is 17.1. The van der Waals surface area contributed by atoms with Crippen molar-refractivity contribution in [3.05, 3.63) is 46.4 Å². The number of oxime groups is 1. The number of hydrogen-bond acceptors (Lipinski definition) is 12. The number of anilines is 1. The molecule has 45 heavy (non-hydrogen) atoms. The molecule has 0 saturated heterocycles. The van der Waals surface area contributed by atoms with Crippen LogP contribution in [0.4, 0.5) is 5.69 Å². The molecule has 3 aliphatic carbocycles. The maximum absolute atomic E-state index is 14.6. The molecule has 1 aromatic carbocycles. The first-order valence-electron chi connectivity index (χ1n) is 14.6. The number of phenols is 1. The van der Waals surface area contributed by atoms with E-state index in [4.69, 9.17) is 24.5 Å². The summed E-state index contributed by atoms with van der Waals surface area (Å²) >= 11 is 0. The van der Waals surface area contributed by atoms with Crippen molar-refractivity contribution >= 4 is 29.4 Å². The maximum Gasteiger partial charge on any atom is 0.231 e. The summed E-state index contributed by atoms with van der Waals surface area (Å²) in [6, 6.07) is 4.42. The van der Waals surface area contributed by atoms with Crippen LogP contribution in [0.5, 0.6) is 5.75 Å². The van der Waals surface area contributed by atoms with Crippen molar-refractivity contribution in [3.63, 3.8) is 0 Å². The average molecular weight is 625 g/mol. The van der Waals surface area contributed by atoms with Crippen molar-refractivity contribution < 1.29 is 43.3 Å². The van der Waals surface area contributed by atoms with E-state index in [2.05, 4.69) is 5.16 Å². The molecule has 1 saturated carbocycles. The van der Waals surface area contributed by atoms with Crippen molar-refractivity contribution in [1.82, 2.24) is 4.90 Å². The van der Waals surface area contributed by atoms with Crippen molar-refractivity contribution in [2.45, 2.75) is 31.4 Å². The predicted molar refractivity (Wildman–Crippen MR) is 164 cm³/mol. The highest BCUT2D eigenvalue weighted by Gasteiger charge is 2.63. The number of primary amides is 1. The van der Waals surface area contributed by atoms with Gasteiger partial charge < -0.3 is 44.5 Å². The van der Waals surface area contributed by atoms with E-state index in [1.54, 1.807) is 37.2 Å². The SMILES string of the molecule is COCOC1=C2C(=O)c3c(O)c(-c4ccc(/C=N/OC)o4)cc(N(C)C)c3CC2CC2C1C(=O)C(C(N)=O)C(C)(O)C2N(C)C. The lowest BCUT2D eigenvalue weighted by molar-refractivity contribution is -0.171. The Morgan fingerprint density at radius 1 is 1.22 bits per heavy atom. The third kappa shape index (κ3) is 5.18. The van der Waals surface area contributed by atoms with Crippen LogP contribution in [0.25, 0.3) is 11.3 Å². The van der Waals surface area contributed by atoms with E-state index in [9.17, 15) is 24.6 Å². The fraction of sp³-hybridized carbons (Fsp3) is 0.500. The zero-order valence-electron chi connectivity index (χ0n) is 26.5. The van der Waals surface area contributed by atoms with Crippen LogP contribution >= 0.6 is 0 Å². The van der Waals surface area contributed by atoms with Gasteiger partial charge in [0.2, 0.25) is 5.91 Å². The molecule has 0 radical (unpaired) electrons. The standard InChI is InChI=1S/C32H40N4O9/c1-32(41)25(31(33)40)28(39)24-19(30(32)36(4)5)11-15-10-17-20(35(2)3)12-18(21-9-8-16(45-21)13-34-43-7)26(37)23(17)27(38)22(15)29(24)44-14-42-6/h8-9,12-13,15,19,24-25,30,37,41H,10-11,14H2,1-7H3,(H2,33,40)/b34-13+. The number of Topliss-reactive ketones (excluding diaryl/α,β-unsaturated/α-hetero) is 2. The third-order valence-electron chi connectivity index (χ3n) is 9.26. The number of aromatic hydroxyl groups is 1. The average Bonchev–Trinajstić information content (AvgIpc) is 3.41. The number of ketones is 2. The molecule has 6 atom stereocenters. The van der Waals surface area contributed by atoms with Gasteiger partial charge in [-0.1, -0.05) is 5.16 Å². The summed E-state index contributed by atoms with van der Waals surface area (Å²) in [7, 11) is 10.1. The molecule has 1 aromatic heterocycles. The normalized spacial score (nSPS) is 27.8. The number of furan rings is 1. The minimum absolute atomic E-state index is 0.0776. The molecule has 5 rings (SSSR count). The number of likely N-dealkylation sites (N-methyl/N-ethyl adjacent to an activating group) is 1. The highest BCUT2D eigenvalue weighted by molar-refractivity contribution is 6.16. The molecule has 0 aliphatic heterocycles. The van der Waals surface area contributed by atoms with Crippen LogP contribution in [0.2, 0.25) is 0 Å². The number of allylic oxidation sites excluding steroid dienone is 2. The number of phenolic OH excluding ortho intramolecular Hbond substituents is 1. The van der Waals surface area contributed by atoms with Gasteiger partial charge in [-0.25, -0.2) is 0 Å². The fourth-order valence-corrected chi connectivity index (χ4v) is 7.76. The number of ether oxygens (including phenoxy) is 2. The zero-order valence-corrected chi connectivity index (χ0v) is 26.5. The van der Waals surface area contributed by atoms with Gasteiger partial charge in [0.15, 0.2) is 18.4 Å². The second-order valence-electron chi connectivity index (χ2n) is 12.5. The van der Waals surface area contributed by atoms with Crippen LogP contribution in [0.3, 0.4) is 0 Å². The molecule has 6 unspecified atom stereocenters. The fourth-order valence-electron chi connectivity index (χ4n) is 7.76. The summed E-state index contributed by atoms with van der Waals surface area (Å²) in [6.45, 7) is 1.20. The molecule has 1 heterocycles. The van der Waals surface area contributed by atoms with Gasteiger partial charge in [-0.2, -0.15) is 0 Å². The Morgan fingerprint density at radius 3 is 2.53 bits per heavy atom. The predicted octanol–water partition coefficient (Wildman–Crippen LogP) is 1.93. The van der Waals surface area contributed by atoms with E-state index in [1.807, 2.05) is 19.0 Å². The summed E-state index contributed by atoms with van der Waals surface area (Å²) in [5.41, 5.74) is 5.89. The van der Waals surface area contributed by atoms with Gasteiger partial charge in [0.05, 0.1) is 22.6 Å². The molecule has 13 heteroatoms. The monoisotopic (exact) mass is 624 g/mol. The molecule has 242 valence electrons. The largest absolute Gasteiger partial charge is 0.506 e. The summed E-state index contributed by atoms with van der Waals surface area (Å²) in [5, 5.41) is 27.1. The minimum Gasteiger partial charge on any atom is -0.506 e. The molecule has 1 amide bonds. The second kappa shape index (κ2) is 12.0. The number of aliphatic hydroxyl groups is 1. The lowest BCUT2D eigenvalue weighted by Crippen LogP contribution is -2.69. The number of nitrogens with zero attached hydrogens (tertiary/aromatic N) is 3. The number of carbonyl (C=O) groups excluding carboxylic acids is 3. The number of methoxy groups -OCH3 is 1. The Bertz CT molecular complexity index is 1590. The summed E-state index contributed by atoms with van der Waals surface area (Å²) in [6.07, 6.45) is 2.07. The van der Waals surface area contributed by atoms with E-state index in [1.165, 1.54) is 27.4 Å². The van der Waals surface area contributed by atoms with Gasteiger partial charge in [0.1, 0.15) is 42.3 Å². The molecule has 13 nitrogen and oxygen atoms in total. The van der Waals surface area contributed by atoms with E-state index >= 15 is 0 Å². The van der Waals surface area contributed by atoms with E-state index < -0.39 is 52.8 Å². The molecule has 1 fully saturated rings. The van der Waals surface area contributed by atoms with Crippen LogP contribution in [-0.2, 0) is 30.3 Å². The summed E-state index contributed by atoms with van der Waals surface area (Å²) in [5.74, 6) is -5.09. The van der Waals surface area contributed by atoms with E-state index in [-0.39, 0.29) is 29.4 Å². The first-order valence-corrected chi connectivity index (χ1v) is 14.6. The van der Waals surface area contributed by atoms with Crippen LogP contribution in [-0.4, -0.2) is 99.6 Å². The van der Waals surface area contributed by atoms with E-state index in [0.717, 1.165) is 0 Å². The molecule has 0 bridgehead atoms. The third-order valence-corrected chi connectivity index (χ3v) is 9.26. The zero-order chi connectivity index (χ0) is 33.0. The quantitative estimate of drug-likeness (QED) is 0.161. The first kappa shape index (κ1) is 32.2. The highest BCUT2D eigenvalue weighted by atomic mass is 16.7. The number of benzene rings is 1. The minimum atomic E-state index is -1.77. The van der Waals surface area contributed by atoms with Crippen LogP contribution in [0, 0.1) is 23.7 Å². The molecule has 2 aromatic rings. The van der Waals surface area contributed by atoms with Crippen molar-refractivity contribution in [2.24, 2.45) is 34.6 Å². The Labute approximate surface area is 261 Å². The van der Waals surface area contributed by atoms with Crippen LogP contribution in [0.15, 0.2) is 39.1 Å². The maximum atomic E-state index is 14.6. The van der Waals surface area contributed by atoms with Gasteiger partial charge in [0.25, 0.3) is 0 Å². The van der Waals surface area contributed by atoms with Crippen LogP contribution in [0.1, 0.15) is 35.0 Å². The van der Waals surface area contributed by atoms with Crippen LogP contribution < -0.4 is 10.6 Å². The highest BCUT2D eigenvalue weighted by Crippen LogP contribution is 2.55. The van der Waals surface area contributed by atoms with Gasteiger partial charge in [-0.05, 0) is 69.5 Å². The number of nitrogens with two attached hydrogens (primary N) is 1. The topological polar surface area (TPSA) is 177 Å². The van der Waals surface area contributed by atoms with Gasteiger partial charge >= 0.3 is 0 Å². The number of hydrogen-bond donors (Lipinski definition) is 3. The van der Waals surface area contributed by atoms with Gasteiger partial charge in [0, 0.05) is 38.5 Å². The molecule has 3 aliphatic rings. The Kier molecular flexibility index (Phi) is 8.55. The van der Waals surface area contributed by atoms with Gasteiger partial charge in [-0.3, -0.25) is 14.4 Å². The van der Waals surface area contributed by atoms with Gasteiger partial charge in [-0.15, -0.1) is 0 Å². The lowest BCUT2D eigenvalue weighted by Gasteiger charge is -2.54. The molecular weight excluding hydrogens is 584 g/mol. The smallest absolute Gasteiger partial charge is 0.231 e.